The quantitative estimate of drug-likeness (QED) is 0.433. The Morgan fingerprint density at radius 2 is 1.62 bits per heavy atom. The van der Waals surface area contributed by atoms with Gasteiger partial charge in [0, 0.05) is 83.1 Å². The van der Waals surface area contributed by atoms with E-state index in [1.807, 2.05) is 34.6 Å². The SMILES string of the molecule is CC(C)(C)OC(=O)N[C@H]1CCC(c2ccc(CC(C)(C)OC(=O)N3CCNCC3)c(N3CCNCC3)c2)NC1. The first-order valence-corrected chi connectivity index (χ1v) is 14.5. The Morgan fingerprint density at radius 3 is 2.23 bits per heavy atom. The molecule has 3 fully saturated rings. The molecule has 4 N–H and O–H groups in total. The molecule has 39 heavy (non-hydrogen) atoms. The van der Waals surface area contributed by atoms with Crippen molar-refractivity contribution in [2.24, 2.45) is 0 Å². The van der Waals surface area contributed by atoms with Crippen molar-refractivity contribution < 1.29 is 19.1 Å². The summed E-state index contributed by atoms with van der Waals surface area (Å²) in [6.07, 6.45) is 1.86. The molecule has 3 aliphatic rings. The number of nitrogens with one attached hydrogen (secondary N) is 4. The van der Waals surface area contributed by atoms with Crippen LogP contribution in [0, 0.1) is 0 Å². The molecule has 1 aromatic rings. The Morgan fingerprint density at radius 1 is 0.949 bits per heavy atom. The zero-order valence-electron chi connectivity index (χ0n) is 24.4. The molecule has 3 saturated heterocycles. The van der Waals surface area contributed by atoms with Crippen LogP contribution in [0.25, 0.3) is 0 Å². The predicted octanol–water partition coefficient (Wildman–Crippen LogP) is 2.78. The molecule has 1 aromatic carbocycles. The maximum atomic E-state index is 12.8. The number of hydrogen-bond acceptors (Lipinski definition) is 8. The van der Waals surface area contributed by atoms with Gasteiger partial charge in [-0.1, -0.05) is 12.1 Å². The molecule has 3 heterocycles. The monoisotopic (exact) mass is 544 g/mol. The molecule has 2 atom stereocenters. The van der Waals surface area contributed by atoms with E-state index in [1.54, 1.807) is 4.90 Å². The number of piperidine rings is 1. The fourth-order valence-corrected chi connectivity index (χ4v) is 5.53. The summed E-state index contributed by atoms with van der Waals surface area (Å²) in [4.78, 5) is 29.3. The number of alkyl carbamates (subject to hydrolysis) is 1. The van der Waals surface area contributed by atoms with Crippen molar-refractivity contribution >= 4 is 17.9 Å². The van der Waals surface area contributed by atoms with Gasteiger partial charge in [0.1, 0.15) is 11.2 Å². The lowest BCUT2D eigenvalue weighted by molar-refractivity contribution is 0.0120. The van der Waals surface area contributed by atoms with Crippen molar-refractivity contribution in [2.75, 3.05) is 63.8 Å². The highest BCUT2D eigenvalue weighted by atomic mass is 16.6. The van der Waals surface area contributed by atoms with Crippen molar-refractivity contribution in [3.8, 4) is 0 Å². The maximum absolute atomic E-state index is 12.8. The predicted molar refractivity (Wildman–Crippen MR) is 153 cm³/mol. The minimum absolute atomic E-state index is 0.0502. The maximum Gasteiger partial charge on any atom is 0.410 e. The van der Waals surface area contributed by atoms with Crippen molar-refractivity contribution in [2.45, 2.75) is 77.2 Å². The summed E-state index contributed by atoms with van der Waals surface area (Å²) in [6.45, 7) is 17.1. The lowest BCUT2D eigenvalue weighted by atomic mass is 9.90. The van der Waals surface area contributed by atoms with E-state index in [0.717, 1.165) is 52.1 Å². The van der Waals surface area contributed by atoms with Crippen LogP contribution in [-0.2, 0) is 15.9 Å². The number of carbonyl (C=O) groups excluding carboxylic acids is 2. The second kappa shape index (κ2) is 12.7. The van der Waals surface area contributed by atoms with E-state index in [4.69, 9.17) is 9.47 Å². The third-order valence-electron chi connectivity index (χ3n) is 7.46. The molecule has 0 aromatic heterocycles. The van der Waals surface area contributed by atoms with Crippen LogP contribution in [0.2, 0.25) is 0 Å². The minimum atomic E-state index is -0.629. The summed E-state index contributed by atoms with van der Waals surface area (Å²) in [5, 5.41) is 13.4. The molecular weight excluding hydrogens is 496 g/mol. The topological polar surface area (TPSA) is 107 Å². The van der Waals surface area contributed by atoms with E-state index < -0.39 is 11.2 Å². The van der Waals surface area contributed by atoms with Crippen LogP contribution in [-0.4, -0.2) is 93.2 Å². The van der Waals surface area contributed by atoms with E-state index >= 15 is 0 Å². The third-order valence-corrected chi connectivity index (χ3v) is 7.46. The number of amides is 2. The minimum Gasteiger partial charge on any atom is -0.444 e. The fourth-order valence-electron chi connectivity index (χ4n) is 5.53. The smallest absolute Gasteiger partial charge is 0.410 e. The Balaban J connectivity index is 1.42. The Hall–Kier alpha value is -2.56. The van der Waals surface area contributed by atoms with Gasteiger partial charge in [-0.15, -0.1) is 0 Å². The van der Waals surface area contributed by atoms with Gasteiger partial charge >= 0.3 is 12.2 Å². The number of piperazine rings is 2. The molecule has 0 spiro atoms. The van der Waals surface area contributed by atoms with E-state index in [2.05, 4.69) is 44.4 Å². The lowest BCUT2D eigenvalue weighted by Gasteiger charge is -2.36. The number of anilines is 1. The first-order valence-electron chi connectivity index (χ1n) is 14.5. The van der Waals surface area contributed by atoms with Gasteiger partial charge in [0.15, 0.2) is 0 Å². The zero-order chi connectivity index (χ0) is 28.0. The molecule has 10 nitrogen and oxygen atoms in total. The van der Waals surface area contributed by atoms with Crippen LogP contribution in [0.5, 0.6) is 0 Å². The second-order valence-corrected chi connectivity index (χ2v) is 12.5. The lowest BCUT2D eigenvalue weighted by Crippen LogP contribution is -2.49. The highest BCUT2D eigenvalue weighted by Gasteiger charge is 2.30. The average Bonchev–Trinajstić information content (AvgIpc) is 2.89. The number of carbonyl (C=O) groups is 2. The first kappa shape index (κ1) is 29.4. The molecule has 0 aliphatic carbocycles. The van der Waals surface area contributed by atoms with Crippen LogP contribution >= 0.6 is 0 Å². The number of ether oxygens (including phenoxy) is 2. The van der Waals surface area contributed by atoms with Gasteiger partial charge in [0.25, 0.3) is 0 Å². The fraction of sp³-hybridized carbons (Fsp3) is 0.724. The average molecular weight is 545 g/mol. The van der Waals surface area contributed by atoms with Crippen LogP contribution in [0.3, 0.4) is 0 Å². The van der Waals surface area contributed by atoms with Gasteiger partial charge in [-0.3, -0.25) is 0 Å². The zero-order valence-corrected chi connectivity index (χ0v) is 24.4. The molecule has 4 rings (SSSR count). The van der Waals surface area contributed by atoms with Crippen molar-refractivity contribution in [3.63, 3.8) is 0 Å². The largest absolute Gasteiger partial charge is 0.444 e. The van der Waals surface area contributed by atoms with E-state index in [9.17, 15) is 9.59 Å². The molecule has 0 radical (unpaired) electrons. The summed E-state index contributed by atoms with van der Waals surface area (Å²) in [5.74, 6) is 0. The van der Waals surface area contributed by atoms with Crippen molar-refractivity contribution in [1.29, 1.82) is 0 Å². The van der Waals surface area contributed by atoms with Gasteiger partial charge in [0.2, 0.25) is 0 Å². The molecular formula is C29H48N6O4. The van der Waals surface area contributed by atoms with Gasteiger partial charge in [-0.2, -0.15) is 0 Å². The van der Waals surface area contributed by atoms with Crippen LogP contribution in [0.1, 0.15) is 64.6 Å². The summed E-state index contributed by atoms with van der Waals surface area (Å²) in [7, 11) is 0. The van der Waals surface area contributed by atoms with E-state index in [0.29, 0.717) is 26.1 Å². The molecule has 0 saturated carbocycles. The Labute approximate surface area is 233 Å². The molecule has 0 bridgehead atoms. The van der Waals surface area contributed by atoms with E-state index in [1.165, 1.54) is 16.8 Å². The van der Waals surface area contributed by atoms with Gasteiger partial charge in [-0.25, -0.2) is 9.59 Å². The van der Waals surface area contributed by atoms with Crippen molar-refractivity contribution in [3.05, 3.63) is 29.3 Å². The Kier molecular flexibility index (Phi) is 9.61. The Bertz CT molecular complexity index is 974. The molecule has 218 valence electrons. The van der Waals surface area contributed by atoms with Gasteiger partial charge in [0.05, 0.1) is 0 Å². The molecule has 10 heteroatoms. The summed E-state index contributed by atoms with van der Waals surface area (Å²) in [6, 6.07) is 6.99. The van der Waals surface area contributed by atoms with Gasteiger partial charge in [-0.05, 0) is 64.7 Å². The number of nitrogens with zero attached hydrogens (tertiary/aromatic N) is 2. The van der Waals surface area contributed by atoms with Crippen LogP contribution < -0.4 is 26.2 Å². The molecule has 1 unspecified atom stereocenters. The first-order chi connectivity index (χ1) is 18.5. The summed E-state index contributed by atoms with van der Waals surface area (Å²) < 4.78 is 11.4. The van der Waals surface area contributed by atoms with Crippen LogP contribution in [0.15, 0.2) is 18.2 Å². The normalized spacial score (nSPS) is 22.8. The number of hydrogen-bond donors (Lipinski definition) is 4. The van der Waals surface area contributed by atoms with E-state index in [-0.39, 0.29) is 24.3 Å². The summed E-state index contributed by atoms with van der Waals surface area (Å²) in [5.41, 5.74) is 2.53. The molecule has 2 amide bonds. The van der Waals surface area contributed by atoms with Crippen LogP contribution in [0.4, 0.5) is 15.3 Å². The third kappa shape index (κ3) is 8.71. The van der Waals surface area contributed by atoms with Gasteiger partial charge < -0.3 is 40.5 Å². The highest BCUT2D eigenvalue weighted by molar-refractivity contribution is 5.69. The molecule has 3 aliphatic heterocycles. The highest BCUT2D eigenvalue weighted by Crippen LogP contribution is 2.32. The number of rotatable bonds is 6. The number of benzene rings is 1. The second-order valence-electron chi connectivity index (χ2n) is 12.5. The summed E-state index contributed by atoms with van der Waals surface area (Å²) >= 11 is 0. The van der Waals surface area contributed by atoms with Crippen molar-refractivity contribution in [1.82, 2.24) is 26.2 Å². The standard InChI is InChI=1S/C29H48N6O4/c1-28(2,3)38-26(36)33-23-8-9-24(32-20-23)21-6-7-22(25(18-21)34-14-10-30-11-15-34)19-29(4,5)39-27(37)35-16-12-31-13-17-35/h6-7,18,23-24,30-32H,8-17,19-20H2,1-5H3,(H,33,36)/t23-,24?/m0/s1.